The van der Waals surface area contributed by atoms with E-state index in [4.69, 9.17) is 16.3 Å². The van der Waals surface area contributed by atoms with Crippen molar-refractivity contribution in [2.75, 3.05) is 7.11 Å². The lowest BCUT2D eigenvalue weighted by Crippen LogP contribution is -2.29. The van der Waals surface area contributed by atoms with Crippen LogP contribution in [0.1, 0.15) is 21.5 Å². The third-order valence-corrected chi connectivity index (χ3v) is 4.28. The first-order valence-corrected chi connectivity index (χ1v) is 8.74. The molecule has 1 amide bonds. The molecule has 0 saturated heterocycles. The molecule has 24 heavy (non-hydrogen) atoms. The van der Waals surface area contributed by atoms with E-state index in [9.17, 15) is 13.2 Å². The molecule has 2 rings (SSSR count). The summed E-state index contributed by atoms with van der Waals surface area (Å²) >= 11 is 5.82. The van der Waals surface area contributed by atoms with Crippen LogP contribution in [0.3, 0.4) is 0 Å². The lowest BCUT2D eigenvalue weighted by Gasteiger charge is -2.06. The molecule has 126 valence electrons. The molecule has 1 N–H and O–H groups in total. The zero-order chi connectivity index (χ0) is 17.7. The zero-order valence-electron chi connectivity index (χ0n) is 13.0. The van der Waals surface area contributed by atoms with Crippen LogP contribution in [0.5, 0.6) is 5.88 Å². The highest BCUT2D eigenvalue weighted by Gasteiger charge is 2.15. The first-order chi connectivity index (χ1) is 11.3. The maximum absolute atomic E-state index is 12.1. The Hall–Kier alpha value is -2.38. The molecule has 0 unspecified atom stereocenters. The van der Waals surface area contributed by atoms with Crippen molar-refractivity contribution in [3.8, 4) is 5.88 Å². The van der Waals surface area contributed by atoms with Crippen molar-refractivity contribution < 1.29 is 17.9 Å². The molecule has 0 aliphatic rings. The second kappa shape index (κ2) is 7.46. The van der Waals surface area contributed by atoms with E-state index < -0.39 is 15.9 Å². The number of ether oxygens (including phenoxy) is 1. The summed E-state index contributed by atoms with van der Waals surface area (Å²) in [5.41, 5.74) is 1.37. The highest BCUT2D eigenvalue weighted by Crippen LogP contribution is 2.15. The van der Waals surface area contributed by atoms with Crippen LogP contribution in [0.15, 0.2) is 41.9 Å². The number of hydrogen-bond donors (Lipinski definition) is 1. The summed E-state index contributed by atoms with van der Waals surface area (Å²) in [6.45, 7) is 1.67. The Balaban J connectivity index is 2.12. The van der Waals surface area contributed by atoms with Crippen molar-refractivity contribution in [2.45, 2.75) is 6.92 Å². The molecule has 0 radical (unpaired) electrons. The van der Waals surface area contributed by atoms with E-state index in [1.54, 1.807) is 25.1 Å². The van der Waals surface area contributed by atoms with Gasteiger partial charge in [0.25, 0.3) is 15.9 Å². The van der Waals surface area contributed by atoms with Crippen LogP contribution >= 0.6 is 11.6 Å². The number of rotatable bonds is 5. The molecule has 0 saturated carbocycles. The van der Waals surface area contributed by atoms with Gasteiger partial charge in [0.05, 0.1) is 12.5 Å². The summed E-state index contributed by atoms with van der Waals surface area (Å²) in [6, 6.07) is 7.82. The minimum absolute atomic E-state index is 0.238. The van der Waals surface area contributed by atoms with Crippen LogP contribution in [-0.4, -0.2) is 26.4 Å². The number of halogens is 1. The summed E-state index contributed by atoms with van der Waals surface area (Å²) in [4.78, 5) is 16.0. The largest absolute Gasteiger partial charge is 0.481 e. The van der Waals surface area contributed by atoms with Gasteiger partial charge >= 0.3 is 0 Å². The van der Waals surface area contributed by atoms with Gasteiger partial charge in [0.2, 0.25) is 5.88 Å². The molecule has 2 aromatic rings. The fraction of sp³-hybridized carbons (Fsp3) is 0.125. The fourth-order valence-electron chi connectivity index (χ4n) is 1.88. The van der Waals surface area contributed by atoms with E-state index in [-0.39, 0.29) is 5.56 Å². The summed E-state index contributed by atoms with van der Waals surface area (Å²) < 4.78 is 30.9. The molecule has 0 spiro atoms. The van der Waals surface area contributed by atoms with E-state index in [0.29, 0.717) is 22.0 Å². The van der Waals surface area contributed by atoms with Gasteiger partial charge in [0.1, 0.15) is 0 Å². The van der Waals surface area contributed by atoms with Crippen LogP contribution in [0, 0.1) is 6.92 Å². The van der Waals surface area contributed by atoms with E-state index in [1.165, 1.54) is 31.5 Å². The van der Waals surface area contributed by atoms with Crippen molar-refractivity contribution in [2.24, 2.45) is 0 Å². The number of methoxy groups -OCH3 is 1. The number of nitrogens with zero attached hydrogens (tertiary/aromatic N) is 1. The van der Waals surface area contributed by atoms with Gasteiger partial charge in [-0.15, -0.1) is 0 Å². The predicted octanol–water partition coefficient (Wildman–Crippen LogP) is 2.78. The second-order valence-corrected chi connectivity index (χ2v) is 6.87. The van der Waals surface area contributed by atoms with Crippen LogP contribution in [0.2, 0.25) is 5.02 Å². The first-order valence-electron chi connectivity index (χ1n) is 6.82. The summed E-state index contributed by atoms with van der Waals surface area (Å²) in [5.74, 6) is -0.303. The van der Waals surface area contributed by atoms with E-state index in [0.717, 1.165) is 5.41 Å². The average Bonchev–Trinajstić information content (AvgIpc) is 2.53. The number of nitrogens with one attached hydrogen (secondary N) is 1. The Morgan fingerprint density at radius 3 is 2.62 bits per heavy atom. The number of amides is 1. The number of aryl methyl sites for hydroxylation is 1. The van der Waals surface area contributed by atoms with Crippen molar-refractivity contribution in [1.29, 1.82) is 0 Å². The van der Waals surface area contributed by atoms with Crippen molar-refractivity contribution in [1.82, 2.24) is 9.71 Å². The summed E-state index contributed by atoms with van der Waals surface area (Å²) in [7, 11) is -2.46. The summed E-state index contributed by atoms with van der Waals surface area (Å²) in [5, 5.41) is 1.37. The Morgan fingerprint density at radius 2 is 2.04 bits per heavy atom. The minimum atomic E-state index is -3.94. The van der Waals surface area contributed by atoms with Crippen LogP contribution in [-0.2, 0) is 10.0 Å². The van der Waals surface area contributed by atoms with Gasteiger partial charge in [-0.05, 0) is 48.4 Å². The van der Waals surface area contributed by atoms with Crippen molar-refractivity contribution in [3.05, 3.63) is 63.6 Å². The van der Waals surface area contributed by atoms with Gasteiger partial charge in [0, 0.05) is 22.8 Å². The lowest BCUT2D eigenvalue weighted by molar-refractivity contribution is 0.0981. The van der Waals surface area contributed by atoms with E-state index >= 15 is 0 Å². The molecule has 0 atom stereocenters. The summed E-state index contributed by atoms with van der Waals surface area (Å²) in [6.07, 6.45) is 2.78. The molecule has 0 fully saturated rings. The predicted molar refractivity (Wildman–Crippen MR) is 92.4 cm³/mol. The van der Waals surface area contributed by atoms with E-state index in [2.05, 4.69) is 4.98 Å². The van der Waals surface area contributed by atoms with E-state index in [1.807, 2.05) is 4.72 Å². The molecule has 0 aliphatic carbocycles. The Kier molecular flexibility index (Phi) is 5.58. The Morgan fingerprint density at radius 1 is 1.29 bits per heavy atom. The molecule has 1 heterocycles. The molecule has 8 heteroatoms. The third-order valence-electron chi connectivity index (χ3n) is 3.08. The molecular formula is C16H15ClN2O4S. The third kappa shape index (κ3) is 4.81. The molecule has 0 bridgehead atoms. The number of sulfonamides is 1. The number of carbonyl (C=O) groups excluding carboxylic acids is 1. The molecule has 6 nitrogen and oxygen atoms in total. The maximum Gasteiger partial charge on any atom is 0.265 e. The van der Waals surface area contributed by atoms with Gasteiger partial charge in [-0.25, -0.2) is 18.1 Å². The number of hydrogen-bond acceptors (Lipinski definition) is 5. The fourth-order valence-corrected chi connectivity index (χ4v) is 2.88. The number of aromatic nitrogens is 1. The molecule has 1 aromatic heterocycles. The highest BCUT2D eigenvalue weighted by atomic mass is 35.5. The van der Waals surface area contributed by atoms with Gasteiger partial charge in [-0.2, -0.15) is 0 Å². The quantitative estimate of drug-likeness (QED) is 0.879. The van der Waals surface area contributed by atoms with Gasteiger partial charge in [-0.3, -0.25) is 4.79 Å². The first kappa shape index (κ1) is 18.0. The highest BCUT2D eigenvalue weighted by molar-refractivity contribution is 7.93. The van der Waals surface area contributed by atoms with Crippen molar-refractivity contribution >= 4 is 33.6 Å². The maximum atomic E-state index is 12.1. The normalized spacial score (nSPS) is 11.5. The van der Waals surface area contributed by atoms with Gasteiger partial charge < -0.3 is 4.74 Å². The number of pyridine rings is 1. The topological polar surface area (TPSA) is 85.4 Å². The zero-order valence-corrected chi connectivity index (χ0v) is 14.6. The Labute approximate surface area is 145 Å². The molecule has 0 aliphatic heterocycles. The smallest absolute Gasteiger partial charge is 0.265 e. The molecule has 1 aromatic carbocycles. The lowest BCUT2D eigenvalue weighted by atomic mass is 10.1. The monoisotopic (exact) mass is 366 g/mol. The standard InChI is InChI=1S/C16H15ClN2O4S/c1-11-9-13(17)4-5-14(11)16(20)19-24(21,22)8-7-12-3-6-15(23-2)18-10-12/h3-10H,1-2H3,(H,19,20). The second-order valence-electron chi connectivity index (χ2n) is 4.87. The van der Waals surface area contributed by atoms with Crippen LogP contribution < -0.4 is 9.46 Å². The van der Waals surface area contributed by atoms with Crippen LogP contribution in [0.25, 0.3) is 6.08 Å². The Bertz CT molecular complexity index is 877. The van der Waals surface area contributed by atoms with Gasteiger partial charge in [0.15, 0.2) is 0 Å². The number of benzene rings is 1. The number of carbonyl (C=O) groups is 1. The molecular weight excluding hydrogens is 352 g/mol. The van der Waals surface area contributed by atoms with Crippen molar-refractivity contribution in [3.63, 3.8) is 0 Å². The van der Waals surface area contributed by atoms with Crippen LogP contribution in [0.4, 0.5) is 0 Å². The SMILES string of the molecule is COc1ccc(C=CS(=O)(=O)NC(=O)c2ccc(Cl)cc2C)cn1. The average molecular weight is 367 g/mol. The van der Waals surface area contributed by atoms with Gasteiger partial charge in [-0.1, -0.05) is 11.6 Å². The minimum Gasteiger partial charge on any atom is -0.481 e.